The molecule has 0 aliphatic carbocycles. The molecule has 0 aliphatic heterocycles. The molecule has 1 radical (unpaired) electrons. The second-order valence-corrected chi connectivity index (χ2v) is 2.03. The van der Waals surface area contributed by atoms with Crippen molar-refractivity contribution < 1.29 is 0 Å². The van der Waals surface area contributed by atoms with E-state index in [4.69, 9.17) is 5.73 Å². The van der Waals surface area contributed by atoms with Crippen LogP contribution in [0, 0.1) is 5.92 Å². The number of nitrogens with one attached hydrogen (secondary N) is 1. The molecule has 0 aromatic rings. The molecule has 0 aliphatic rings. The molecule has 0 amide bonds. The van der Waals surface area contributed by atoms with Gasteiger partial charge in [0, 0.05) is 6.04 Å². The average Bonchev–Trinajstić information content (AvgIpc) is 1.36. The maximum atomic E-state index is 7.03. The van der Waals surface area contributed by atoms with Crippen molar-refractivity contribution in [2.75, 3.05) is 0 Å². The first-order valence-corrected chi connectivity index (χ1v) is 2.35. The van der Waals surface area contributed by atoms with Gasteiger partial charge in [-0.2, -0.15) is 0 Å². The van der Waals surface area contributed by atoms with E-state index in [2.05, 4.69) is 13.8 Å². The molecule has 0 aromatic carbocycles. The van der Waals surface area contributed by atoms with E-state index >= 15 is 0 Å². The second-order valence-electron chi connectivity index (χ2n) is 2.03. The van der Waals surface area contributed by atoms with E-state index in [0.29, 0.717) is 5.92 Å². The van der Waals surface area contributed by atoms with Gasteiger partial charge in [0.2, 0.25) is 0 Å². The van der Waals surface area contributed by atoms with Gasteiger partial charge in [-0.05, 0) is 12.8 Å². The third-order valence-electron chi connectivity index (χ3n) is 1.00. The van der Waals surface area contributed by atoms with Crippen LogP contribution in [0.15, 0.2) is 0 Å². The van der Waals surface area contributed by atoms with Crippen LogP contribution in [0.3, 0.4) is 0 Å². The lowest BCUT2D eigenvalue weighted by atomic mass is 10.1. The first-order valence-electron chi connectivity index (χ1n) is 2.35. The van der Waals surface area contributed by atoms with E-state index in [1.54, 1.807) is 0 Å². The molecule has 0 bridgehead atoms. The zero-order chi connectivity index (χ0) is 5.15. The molecule has 0 rings (SSSR count). The Morgan fingerprint density at radius 1 is 1.17 bits per heavy atom. The monoisotopic (exact) mass is 86.1 g/mol. The molecule has 37 valence electrons. The molecule has 0 aromatic heterocycles. The Morgan fingerprint density at radius 3 is 1.33 bits per heavy atom. The summed E-state index contributed by atoms with van der Waals surface area (Å²) in [5.74, 6) is 0.519. The number of hydrogen-bond acceptors (Lipinski definition) is 0. The highest BCUT2D eigenvalue weighted by molar-refractivity contribution is 4.54. The predicted octanol–water partition coefficient (Wildman–Crippen LogP) is 1.31. The van der Waals surface area contributed by atoms with Crippen molar-refractivity contribution in [1.82, 2.24) is 5.73 Å². The highest BCUT2D eigenvalue weighted by atomic mass is 14.6. The van der Waals surface area contributed by atoms with E-state index in [-0.39, 0.29) is 6.04 Å². The molecule has 0 heterocycles. The predicted molar refractivity (Wildman–Crippen MR) is 27.4 cm³/mol. The van der Waals surface area contributed by atoms with Gasteiger partial charge in [0.1, 0.15) is 0 Å². The van der Waals surface area contributed by atoms with Crippen LogP contribution in [0.4, 0.5) is 0 Å². The third kappa shape index (κ3) is 2.21. The Labute approximate surface area is 39.5 Å². The van der Waals surface area contributed by atoms with Crippen molar-refractivity contribution in [3.05, 3.63) is 0 Å². The van der Waals surface area contributed by atoms with Gasteiger partial charge in [0.05, 0.1) is 0 Å². The Kier molecular flexibility index (Phi) is 2.18. The Hall–Kier alpha value is -0.0400. The summed E-state index contributed by atoms with van der Waals surface area (Å²) in [6, 6.07) is 0.102. The molecule has 0 spiro atoms. The summed E-state index contributed by atoms with van der Waals surface area (Å²) in [4.78, 5) is 0. The number of rotatable bonds is 1. The van der Waals surface area contributed by atoms with E-state index in [1.165, 1.54) is 0 Å². The topological polar surface area (TPSA) is 23.8 Å². The molecule has 0 saturated carbocycles. The quantitative estimate of drug-likeness (QED) is 0.459. The van der Waals surface area contributed by atoms with E-state index < -0.39 is 0 Å². The molecule has 0 fully saturated rings. The molecule has 1 nitrogen and oxygen atoms in total. The highest BCUT2D eigenvalue weighted by Crippen LogP contribution is 1.95. The fraction of sp³-hybridized carbons (Fsp3) is 1.00. The average molecular weight is 86.2 g/mol. The molecule has 6 heavy (non-hydrogen) atoms. The fourth-order valence-electron chi connectivity index (χ4n) is 0. The molecule has 0 saturated heterocycles. The zero-order valence-electron chi connectivity index (χ0n) is 4.65. The summed E-state index contributed by atoms with van der Waals surface area (Å²) >= 11 is 0. The first kappa shape index (κ1) is 5.96. The van der Waals surface area contributed by atoms with Gasteiger partial charge in [-0.25, -0.2) is 0 Å². The van der Waals surface area contributed by atoms with E-state index in [1.807, 2.05) is 6.92 Å². The van der Waals surface area contributed by atoms with Crippen molar-refractivity contribution >= 4 is 0 Å². The highest BCUT2D eigenvalue weighted by Gasteiger charge is 1.97. The summed E-state index contributed by atoms with van der Waals surface area (Å²) in [5.41, 5.74) is 7.03. The van der Waals surface area contributed by atoms with Gasteiger partial charge in [0.25, 0.3) is 0 Å². The van der Waals surface area contributed by atoms with Crippen molar-refractivity contribution in [3.63, 3.8) is 0 Å². The Balaban J connectivity index is 2.99. The number of hydrogen-bond donors (Lipinski definition) is 0. The lowest BCUT2D eigenvalue weighted by Crippen LogP contribution is -2.10. The third-order valence-corrected chi connectivity index (χ3v) is 1.00. The fourth-order valence-corrected chi connectivity index (χ4v) is 0. The summed E-state index contributed by atoms with van der Waals surface area (Å²) in [5, 5.41) is 0. The van der Waals surface area contributed by atoms with Crippen molar-refractivity contribution in [2.45, 2.75) is 26.8 Å². The van der Waals surface area contributed by atoms with Crippen molar-refractivity contribution in [1.29, 1.82) is 0 Å². The maximum absolute atomic E-state index is 7.03. The van der Waals surface area contributed by atoms with Crippen LogP contribution in [-0.4, -0.2) is 6.04 Å². The van der Waals surface area contributed by atoms with Crippen LogP contribution < -0.4 is 5.73 Å². The van der Waals surface area contributed by atoms with Crippen LogP contribution in [0.5, 0.6) is 0 Å². The molecular formula is C5H12N. The summed E-state index contributed by atoms with van der Waals surface area (Å²) < 4.78 is 0. The van der Waals surface area contributed by atoms with Gasteiger partial charge in [-0.15, -0.1) is 0 Å². The Morgan fingerprint density at radius 2 is 1.33 bits per heavy atom. The van der Waals surface area contributed by atoms with E-state index in [9.17, 15) is 0 Å². The van der Waals surface area contributed by atoms with Crippen LogP contribution >= 0.6 is 0 Å². The minimum atomic E-state index is 0.102. The molecule has 1 heteroatoms. The van der Waals surface area contributed by atoms with Gasteiger partial charge >= 0.3 is 0 Å². The molecular weight excluding hydrogens is 74.1 g/mol. The van der Waals surface area contributed by atoms with Gasteiger partial charge < -0.3 is 0 Å². The molecule has 1 atom stereocenters. The summed E-state index contributed by atoms with van der Waals surface area (Å²) in [6.07, 6.45) is 0. The summed E-state index contributed by atoms with van der Waals surface area (Å²) in [7, 11) is 0. The maximum Gasteiger partial charge on any atom is 0.0207 e. The largest absolute Gasteiger partial charge is 0.255 e. The van der Waals surface area contributed by atoms with Crippen molar-refractivity contribution in [2.24, 2.45) is 5.92 Å². The minimum absolute atomic E-state index is 0.102. The smallest absolute Gasteiger partial charge is 0.0207 e. The van der Waals surface area contributed by atoms with Crippen LogP contribution in [0.1, 0.15) is 20.8 Å². The summed E-state index contributed by atoms with van der Waals surface area (Å²) in [6.45, 7) is 6.01. The SMILES string of the molecule is CC(C)C(C)[NH]. The van der Waals surface area contributed by atoms with E-state index in [0.717, 1.165) is 0 Å². The molecule has 1 unspecified atom stereocenters. The molecule has 1 N–H and O–H groups in total. The second kappa shape index (κ2) is 2.19. The van der Waals surface area contributed by atoms with Crippen LogP contribution in [0.25, 0.3) is 0 Å². The zero-order valence-corrected chi connectivity index (χ0v) is 4.65. The minimum Gasteiger partial charge on any atom is -0.255 e. The lowest BCUT2D eigenvalue weighted by Gasteiger charge is -2.04. The standard InChI is InChI=1S/C5H12N/c1-4(2)5(3)6/h4-6H,1-3H3. The van der Waals surface area contributed by atoms with Gasteiger partial charge in [-0.3, -0.25) is 5.73 Å². The normalized spacial score (nSPS) is 15.5. The first-order chi connectivity index (χ1) is 2.64. The van der Waals surface area contributed by atoms with Gasteiger partial charge in [0.15, 0.2) is 0 Å². The Bertz CT molecular complexity index is 24.9. The van der Waals surface area contributed by atoms with Crippen LogP contribution in [0.2, 0.25) is 0 Å². The van der Waals surface area contributed by atoms with Crippen LogP contribution in [-0.2, 0) is 0 Å². The lowest BCUT2D eigenvalue weighted by molar-refractivity contribution is 0.516. The van der Waals surface area contributed by atoms with Crippen molar-refractivity contribution in [3.8, 4) is 0 Å². The van der Waals surface area contributed by atoms with Gasteiger partial charge in [-0.1, -0.05) is 13.8 Å².